The number of para-hydroxylation sites is 3. The minimum absolute atomic E-state index is 0.210. The summed E-state index contributed by atoms with van der Waals surface area (Å²) in [7, 11) is 0. The van der Waals surface area contributed by atoms with E-state index in [1.807, 2.05) is 54.6 Å². The molecular formula is C25H21N5O2S2. The molecule has 0 aliphatic rings. The number of hydrogen-bond acceptors (Lipinski definition) is 6. The van der Waals surface area contributed by atoms with Gasteiger partial charge in [-0.1, -0.05) is 48.2 Å². The van der Waals surface area contributed by atoms with Gasteiger partial charge in [-0.05, 0) is 42.0 Å². The molecule has 170 valence electrons. The number of aromatic nitrogens is 3. The lowest BCUT2D eigenvalue weighted by Gasteiger charge is -2.07. The van der Waals surface area contributed by atoms with Crippen molar-refractivity contribution in [2.24, 2.45) is 0 Å². The van der Waals surface area contributed by atoms with E-state index in [1.54, 1.807) is 35.2 Å². The molecule has 3 aromatic carbocycles. The average molecular weight is 488 g/mol. The van der Waals surface area contributed by atoms with Gasteiger partial charge >= 0.3 is 0 Å². The van der Waals surface area contributed by atoms with Crippen LogP contribution in [0.15, 0.2) is 77.1 Å². The molecule has 2 aromatic heterocycles. The molecule has 0 unspecified atom stereocenters. The van der Waals surface area contributed by atoms with Gasteiger partial charge in [-0.2, -0.15) is 0 Å². The lowest BCUT2D eigenvalue weighted by molar-refractivity contribution is -0.121. The van der Waals surface area contributed by atoms with E-state index in [0.717, 1.165) is 38.0 Å². The van der Waals surface area contributed by atoms with Gasteiger partial charge in [-0.15, -0.1) is 11.3 Å². The first-order valence-electron chi connectivity index (χ1n) is 10.7. The Bertz CT molecular complexity index is 1390. The minimum Gasteiger partial charge on any atom is -0.342 e. The summed E-state index contributed by atoms with van der Waals surface area (Å²) in [5.41, 5.74) is 9.33. The highest BCUT2D eigenvalue weighted by Crippen LogP contribution is 2.31. The van der Waals surface area contributed by atoms with Crippen molar-refractivity contribution in [3.8, 4) is 0 Å². The maximum absolute atomic E-state index is 12.4. The van der Waals surface area contributed by atoms with Crippen molar-refractivity contribution in [1.29, 1.82) is 0 Å². The molecule has 0 aliphatic carbocycles. The van der Waals surface area contributed by atoms with Gasteiger partial charge in [-0.3, -0.25) is 20.4 Å². The number of carbonyl (C=O) groups excluding carboxylic acids is 2. The van der Waals surface area contributed by atoms with Crippen LogP contribution < -0.4 is 10.9 Å². The largest absolute Gasteiger partial charge is 0.342 e. The zero-order chi connectivity index (χ0) is 23.3. The number of aromatic amines is 1. The molecule has 0 bridgehead atoms. The van der Waals surface area contributed by atoms with Gasteiger partial charge in [0.2, 0.25) is 5.91 Å². The molecule has 9 heteroatoms. The van der Waals surface area contributed by atoms with Crippen LogP contribution in [0.5, 0.6) is 0 Å². The van der Waals surface area contributed by atoms with Gasteiger partial charge in [0.15, 0.2) is 4.34 Å². The molecule has 0 saturated heterocycles. The van der Waals surface area contributed by atoms with Gasteiger partial charge in [-0.25, -0.2) is 9.97 Å². The van der Waals surface area contributed by atoms with E-state index in [0.29, 0.717) is 12.0 Å². The number of imidazole rings is 1. The lowest BCUT2D eigenvalue weighted by Crippen LogP contribution is -2.41. The highest BCUT2D eigenvalue weighted by atomic mass is 32.2. The predicted octanol–water partition coefficient (Wildman–Crippen LogP) is 4.86. The Hall–Kier alpha value is -3.69. The SMILES string of the molecule is O=C(CCc1nc2ccccc2[nH]1)NNC(=O)c1ccc(CSc2nc3ccccc3s2)cc1. The standard InChI is InChI=1S/C25H21N5O2S2/c31-23(14-13-22-26-18-5-1-2-6-19(18)27-22)29-30-24(32)17-11-9-16(10-12-17)15-33-25-28-20-7-3-4-8-21(20)34-25/h1-12H,13-15H2,(H,26,27)(H,29,31)(H,30,32). The number of hydrogen-bond donors (Lipinski definition) is 3. The fourth-order valence-electron chi connectivity index (χ4n) is 3.43. The summed E-state index contributed by atoms with van der Waals surface area (Å²) in [6, 6.07) is 23.1. The molecule has 0 radical (unpaired) electrons. The van der Waals surface area contributed by atoms with E-state index in [1.165, 1.54) is 4.70 Å². The quantitative estimate of drug-likeness (QED) is 0.225. The van der Waals surface area contributed by atoms with Crippen molar-refractivity contribution in [2.45, 2.75) is 22.9 Å². The molecule has 0 saturated carbocycles. The van der Waals surface area contributed by atoms with Crippen LogP contribution in [-0.4, -0.2) is 26.8 Å². The van der Waals surface area contributed by atoms with Gasteiger partial charge in [0.1, 0.15) is 5.82 Å². The van der Waals surface area contributed by atoms with Crippen molar-refractivity contribution >= 4 is 56.2 Å². The van der Waals surface area contributed by atoms with Crippen LogP contribution in [0.3, 0.4) is 0 Å². The number of benzene rings is 3. The summed E-state index contributed by atoms with van der Waals surface area (Å²) in [6.07, 6.45) is 0.666. The summed E-state index contributed by atoms with van der Waals surface area (Å²) in [4.78, 5) is 36.8. The molecule has 3 N–H and O–H groups in total. The third kappa shape index (κ3) is 5.27. The maximum atomic E-state index is 12.4. The number of thioether (sulfide) groups is 1. The zero-order valence-electron chi connectivity index (χ0n) is 18.1. The number of rotatable bonds is 7. The Morgan fingerprint density at radius 3 is 2.44 bits per heavy atom. The average Bonchev–Trinajstić information content (AvgIpc) is 3.48. The molecule has 5 aromatic rings. The van der Waals surface area contributed by atoms with Crippen molar-refractivity contribution in [1.82, 2.24) is 25.8 Å². The number of carbonyl (C=O) groups is 2. The van der Waals surface area contributed by atoms with Crippen LogP contribution in [-0.2, 0) is 17.0 Å². The van der Waals surface area contributed by atoms with E-state index in [-0.39, 0.29) is 18.2 Å². The molecule has 0 aliphatic heterocycles. The summed E-state index contributed by atoms with van der Waals surface area (Å²) in [5.74, 6) is 0.863. The van der Waals surface area contributed by atoms with E-state index in [4.69, 9.17) is 0 Å². The van der Waals surface area contributed by atoms with E-state index in [9.17, 15) is 9.59 Å². The van der Waals surface area contributed by atoms with Crippen LogP contribution in [0, 0.1) is 0 Å². The number of fused-ring (bicyclic) bond motifs is 2. The highest BCUT2D eigenvalue weighted by molar-refractivity contribution is 8.00. The Morgan fingerprint density at radius 1 is 0.882 bits per heavy atom. The molecule has 2 heterocycles. The summed E-state index contributed by atoms with van der Waals surface area (Å²) < 4.78 is 2.20. The van der Waals surface area contributed by atoms with Crippen LogP contribution in [0.4, 0.5) is 0 Å². The minimum atomic E-state index is -0.359. The first-order chi connectivity index (χ1) is 16.6. The van der Waals surface area contributed by atoms with Crippen LogP contribution in [0.2, 0.25) is 0 Å². The monoisotopic (exact) mass is 487 g/mol. The molecule has 34 heavy (non-hydrogen) atoms. The van der Waals surface area contributed by atoms with Crippen LogP contribution in [0.25, 0.3) is 21.3 Å². The first kappa shape index (κ1) is 22.1. The van der Waals surface area contributed by atoms with Crippen molar-refractivity contribution in [3.05, 3.63) is 89.7 Å². The third-order valence-electron chi connectivity index (χ3n) is 5.20. The second-order valence-corrected chi connectivity index (χ2v) is 9.89. The van der Waals surface area contributed by atoms with Crippen LogP contribution >= 0.6 is 23.1 Å². The molecular weight excluding hydrogens is 466 g/mol. The van der Waals surface area contributed by atoms with Crippen molar-refractivity contribution < 1.29 is 9.59 Å². The Balaban J connectivity index is 1.08. The summed E-state index contributed by atoms with van der Waals surface area (Å²) in [6.45, 7) is 0. The number of nitrogens with one attached hydrogen (secondary N) is 3. The Kier molecular flexibility index (Phi) is 6.55. The zero-order valence-corrected chi connectivity index (χ0v) is 19.7. The molecule has 5 rings (SSSR count). The maximum Gasteiger partial charge on any atom is 0.269 e. The number of amides is 2. The van der Waals surface area contributed by atoms with E-state index < -0.39 is 0 Å². The summed E-state index contributed by atoms with van der Waals surface area (Å²) in [5, 5.41) is 0. The highest BCUT2D eigenvalue weighted by Gasteiger charge is 2.10. The Morgan fingerprint density at radius 2 is 1.65 bits per heavy atom. The van der Waals surface area contributed by atoms with Gasteiger partial charge in [0.25, 0.3) is 5.91 Å². The first-order valence-corrected chi connectivity index (χ1v) is 12.5. The molecule has 7 nitrogen and oxygen atoms in total. The van der Waals surface area contributed by atoms with Gasteiger partial charge in [0, 0.05) is 24.2 Å². The number of H-pyrrole nitrogens is 1. The second kappa shape index (κ2) is 10.1. The lowest BCUT2D eigenvalue weighted by atomic mass is 10.1. The van der Waals surface area contributed by atoms with Crippen LogP contribution in [0.1, 0.15) is 28.2 Å². The second-order valence-electron chi connectivity index (χ2n) is 7.64. The molecule has 0 atom stereocenters. The fourth-order valence-corrected chi connectivity index (χ4v) is 5.45. The van der Waals surface area contributed by atoms with E-state index in [2.05, 4.69) is 31.9 Å². The third-order valence-corrected chi connectivity index (χ3v) is 7.45. The number of aryl methyl sites for hydroxylation is 1. The fraction of sp³-hybridized carbons (Fsp3) is 0.120. The van der Waals surface area contributed by atoms with E-state index >= 15 is 0 Å². The summed E-state index contributed by atoms with van der Waals surface area (Å²) >= 11 is 3.35. The van der Waals surface area contributed by atoms with Crippen molar-refractivity contribution in [3.63, 3.8) is 0 Å². The normalized spacial score (nSPS) is 11.1. The Labute approximate surface area is 204 Å². The molecule has 0 fully saturated rings. The number of nitrogens with zero attached hydrogens (tertiary/aromatic N) is 2. The number of thiazole rings is 1. The molecule has 0 spiro atoms. The predicted molar refractivity (Wildman–Crippen MR) is 136 cm³/mol. The smallest absolute Gasteiger partial charge is 0.269 e. The molecule has 2 amide bonds. The van der Waals surface area contributed by atoms with Gasteiger partial charge < -0.3 is 4.98 Å². The van der Waals surface area contributed by atoms with Crippen molar-refractivity contribution in [2.75, 3.05) is 0 Å². The topological polar surface area (TPSA) is 99.8 Å². The number of hydrazine groups is 1. The van der Waals surface area contributed by atoms with Gasteiger partial charge in [0.05, 0.1) is 21.3 Å².